The lowest BCUT2D eigenvalue weighted by atomic mass is 9.77. The lowest BCUT2D eigenvalue weighted by Gasteiger charge is -2.30. The van der Waals surface area contributed by atoms with Gasteiger partial charge in [-0.15, -0.1) is 6.58 Å². The first-order chi connectivity index (χ1) is 13.3. The Hall–Kier alpha value is -1.08. The molecule has 0 N–H and O–H groups in total. The van der Waals surface area contributed by atoms with E-state index in [-0.39, 0.29) is 0 Å². The highest BCUT2D eigenvalue weighted by Gasteiger charge is 2.23. The van der Waals surface area contributed by atoms with E-state index in [9.17, 15) is 0 Å². The summed E-state index contributed by atoms with van der Waals surface area (Å²) in [4.78, 5) is 0. The second kappa shape index (κ2) is 14.0. The Morgan fingerprint density at radius 3 is 2.30 bits per heavy atom. The van der Waals surface area contributed by atoms with Gasteiger partial charge in [-0.1, -0.05) is 82.2 Å². The standard InChI is InChI=1S/C26H42O/c1-3-5-6-7-8-9-10-11-14-24-15-12-13-16-26(24)25-19-17-23(18-20-25)22-27-21-4-2/h4,12-13,15-16,23,25H,2-3,5-11,14,17-22H2,1H3. The monoisotopic (exact) mass is 370 g/mol. The molecule has 1 fully saturated rings. The van der Waals surface area contributed by atoms with Gasteiger partial charge in [-0.3, -0.25) is 0 Å². The minimum atomic E-state index is 0.696. The number of ether oxygens (including phenoxy) is 1. The zero-order chi connectivity index (χ0) is 19.2. The van der Waals surface area contributed by atoms with Gasteiger partial charge in [0.15, 0.2) is 0 Å². The van der Waals surface area contributed by atoms with Crippen molar-refractivity contribution in [3.8, 4) is 0 Å². The lowest BCUT2D eigenvalue weighted by Crippen LogP contribution is -2.18. The molecule has 0 bridgehead atoms. The summed E-state index contributed by atoms with van der Waals surface area (Å²) in [5, 5.41) is 0. The van der Waals surface area contributed by atoms with E-state index in [2.05, 4.69) is 37.8 Å². The predicted octanol–water partition coefficient (Wildman–Crippen LogP) is 7.85. The first-order valence-corrected chi connectivity index (χ1v) is 11.6. The zero-order valence-electron chi connectivity index (χ0n) is 17.8. The molecule has 1 aliphatic carbocycles. The number of rotatable bonds is 14. The average Bonchev–Trinajstić information content (AvgIpc) is 2.71. The van der Waals surface area contributed by atoms with Crippen LogP contribution in [0.2, 0.25) is 0 Å². The molecular formula is C26H42O. The molecule has 1 aromatic carbocycles. The van der Waals surface area contributed by atoms with Crippen molar-refractivity contribution in [2.24, 2.45) is 5.92 Å². The van der Waals surface area contributed by atoms with Crippen LogP contribution in [-0.4, -0.2) is 13.2 Å². The topological polar surface area (TPSA) is 9.23 Å². The molecule has 0 aromatic heterocycles. The van der Waals surface area contributed by atoms with Gasteiger partial charge in [0.2, 0.25) is 0 Å². The lowest BCUT2D eigenvalue weighted by molar-refractivity contribution is 0.102. The Kier molecular flexibility index (Phi) is 11.5. The van der Waals surface area contributed by atoms with Crippen molar-refractivity contribution in [2.75, 3.05) is 13.2 Å². The highest BCUT2D eigenvalue weighted by Crippen LogP contribution is 2.37. The van der Waals surface area contributed by atoms with E-state index in [1.54, 1.807) is 11.1 Å². The van der Waals surface area contributed by atoms with Gasteiger partial charge < -0.3 is 4.74 Å². The average molecular weight is 371 g/mol. The Balaban J connectivity index is 1.70. The minimum absolute atomic E-state index is 0.696. The molecule has 0 atom stereocenters. The summed E-state index contributed by atoms with van der Waals surface area (Å²) in [6.07, 6.45) is 19.6. The Morgan fingerprint density at radius 1 is 0.926 bits per heavy atom. The highest BCUT2D eigenvalue weighted by molar-refractivity contribution is 5.31. The molecule has 1 heteroatoms. The fraction of sp³-hybridized carbons (Fsp3) is 0.692. The maximum atomic E-state index is 5.68. The number of hydrogen-bond donors (Lipinski definition) is 0. The molecule has 0 amide bonds. The van der Waals surface area contributed by atoms with Gasteiger partial charge in [-0.25, -0.2) is 0 Å². The van der Waals surface area contributed by atoms with Gasteiger partial charge in [-0.05, 0) is 61.5 Å². The van der Waals surface area contributed by atoms with E-state index >= 15 is 0 Å². The third-order valence-corrected chi connectivity index (χ3v) is 6.23. The second-order valence-electron chi connectivity index (χ2n) is 8.47. The fourth-order valence-electron chi connectivity index (χ4n) is 4.57. The van der Waals surface area contributed by atoms with Gasteiger partial charge >= 0.3 is 0 Å². The first-order valence-electron chi connectivity index (χ1n) is 11.6. The maximum Gasteiger partial charge on any atom is 0.0644 e. The number of benzene rings is 1. The van der Waals surface area contributed by atoms with Crippen LogP contribution in [0, 0.1) is 5.92 Å². The third kappa shape index (κ3) is 8.64. The number of aryl methyl sites for hydroxylation is 1. The largest absolute Gasteiger partial charge is 0.377 e. The first kappa shape index (κ1) is 22.2. The molecule has 1 saturated carbocycles. The van der Waals surface area contributed by atoms with Gasteiger partial charge in [0.25, 0.3) is 0 Å². The van der Waals surface area contributed by atoms with Crippen LogP contribution in [0.1, 0.15) is 101 Å². The van der Waals surface area contributed by atoms with Crippen molar-refractivity contribution in [3.63, 3.8) is 0 Å². The number of unbranched alkanes of at least 4 members (excludes halogenated alkanes) is 7. The van der Waals surface area contributed by atoms with Gasteiger partial charge in [0.05, 0.1) is 6.61 Å². The molecule has 0 radical (unpaired) electrons. The molecule has 0 spiro atoms. The molecule has 27 heavy (non-hydrogen) atoms. The van der Waals surface area contributed by atoms with Crippen molar-refractivity contribution in [1.82, 2.24) is 0 Å². The van der Waals surface area contributed by atoms with E-state index in [0.29, 0.717) is 6.61 Å². The van der Waals surface area contributed by atoms with Gasteiger partial charge in [0, 0.05) is 6.61 Å². The predicted molar refractivity (Wildman–Crippen MR) is 118 cm³/mol. The van der Waals surface area contributed by atoms with Crippen LogP contribution in [0.3, 0.4) is 0 Å². The van der Waals surface area contributed by atoms with Crippen LogP contribution < -0.4 is 0 Å². The van der Waals surface area contributed by atoms with E-state index in [4.69, 9.17) is 4.74 Å². The minimum Gasteiger partial charge on any atom is -0.377 e. The summed E-state index contributed by atoms with van der Waals surface area (Å²) < 4.78 is 5.68. The van der Waals surface area contributed by atoms with Crippen molar-refractivity contribution in [2.45, 2.75) is 96.3 Å². The van der Waals surface area contributed by atoms with Crippen LogP contribution in [-0.2, 0) is 11.2 Å². The zero-order valence-corrected chi connectivity index (χ0v) is 17.8. The molecule has 0 saturated heterocycles. The maximum absolute atomic E-state index is 5.68. The third-order valence-electron chi connectivity index (χ3n) is 6.23. The summed E-state index contributed by atoms with van der Waals surface area (Å²) in [7, 11) is 0. The van der Waals surface area contributed by atoms with Crippen molar-refractivity contribution < 1.29 is 4.74 Å². The Bertz CT molecular complexity index is 499. The molecule has 1 aromatic rings. The SMILES string of the molecule is C=CCOCC1CCC(c2ccccc2CCCCCCCCCC)CC1. The van der Waals surface area contributed by atoms with E-state index < -0.39 is 0 Å². The van der Waals surface area contributed by atoms with E-state index in [0.717, 1.165) is 18.4 Å². The molecule has 0 unspecified atom stereocenters. The summed E-state index contributed by atoms with van der Waals surface area (Å²) in [5.41, 5.74) is 3.26. The molecular weight excluding hydrogens is 328 g/mol. The highest BCUT2D eigenvalue weighted by atomic mass is 16.5. The summed E-state index contributed by atoms with van der Waals surface area (Å²) >= 11 is 0. The quantitative estimate of drug-likeness (QED) is 0.239. The second-order valence-corrected chi connectivity index (χ2v) is 8.47. The molecule has 0 aliphatic heterocycles. The smallest absolute Gasteiger partial charge is 0.0644 e. The molecule has 1 nitrogen and oxygen atoms in total. The van der Waals surface area contributed by atoms with Crippen LogP contribution in [0.15, 0.2) is 36.9 Å². The molecule has 0 heterocycles. The fourth-order valence-corrected chi connectivity index (χ4v) is 4.57. The molecule has 2 rings (SSSR count). The number of hydrogen-bond acceptors (Lipinski definition) is 1. The summed E-state index contributed by atoms with van der Waals surface area (Å²) in [6.45, 7) is 7.64. The van der Waals surface area contributed by atoms with Crippen LogP contribution in [0.25, 0.3) is 0 Å². The van der Waals surface area contributed by atoms with Crippen molar-refractivity contribution in [3.05, 3.63) is 48.0 Å². The van der Waals surface area contributed by atoms with E-state index in [1.807, 2.05) is 6.08 Å². The van der Waals surface area contributed by atoms with Crippen molar-refractivity contribution in [1.29, 1.82) is 0 Å². The Labute approximate surface area is 168 Å². The van der Waals surface area contributed by atoms with Crippen LogP contribution in [0.5, 0.6) is 0 Å². The molecule has 1 aliphatic rings. The summed E-state index contributed by atoms with van der Waals surface area (Å²) in [6, 6.07) is 9.26. The van der Waals surface area contributed by atoms with E-state index in [1.165, 1.54) is 83.5 Å². The molecule has 152 valence electrons. The summed E-state index contributed by atoms with van der Waals surface area (Å²) in [5.74, 6) is 1.52. The normalized spacial score (nSPS) is 19.9. The Morgan fingerprint density at radius 2 is 1.59 bits per heavy atom. The van der Waals surface area contributed by atoms with Crippen LogP contribution >= 0.6 is 0 Å². The van der Waals surface area contributed by atoms with Crippen LogP contribution in [0.4, 0.5) is 0 Å². The van der Waals surface area contributed by atoms with Gasteiger partial charge in [0.1, 0.15) is 0 Å². The van der Waals surface area contributed by atoms with Crippen molar-refractivity contribution >= 4 is 0 Å². The van der Waals surface area contributed by atoms with Gasteiger partial charge in [-0.2, -0.15) is 0 Å².